The summed E-state index contributed by atoms with van der Waals surface area (Å²) in [6.45, 7) is 1.94. The van der Waals surface area contributed by atoms with Gasteiger partial charge in [0.15, 0.2) is 0 Å². The number of rotatable bonds is 3. The number of nitrogens with two attached hydrogens (primary N) is 1. The number of hydrogen-bond donors (Lipinski definition) is 1. The zero-order valence-electron chi connectivity index (χ0n) is 7.93. The first-order valence-electron chi connectivity index (χ1n) is 4.48. The van der Waals surface area contributed by atoms with Crippen molar-refractivity contribution in [2.45, 2.75) is 19.4 Å². The molecule has 0 saturated heterocycles. The predicted octanol–water partition coefficient (Wildman–Crippen LogP) is 2.35. The third-order valence-corrected chi connectivity index (χ3v) is 2.81. The second-order valence-corrected chi connectivity index (χ2v) is 4.15. The van der Waals surface area contributed by atoms with E-state index in [9.17, 15) is 0 Å². The molecule has 4 heteroatoms. The molecule has 0 aliphatic carbocycles. The Morgan fingerprint density at radius 2 is 2.50 bits per heavy atom. The molecule has 0 aromatic carbocycles. The van der Waals surface area contributed by atoms with Gasteiger partial charge in [0.1, 0.15) is 10.8 Å². The van der Waals surface area contributed by atoms with Crippen molar-refractivity contribution in [1.29, 1.82) is 0 Å². The summed E-state index contributed by atoms with van der Waals surface area (Å²) in [7, 11) is 0. The van der Waals surface area contributed by atoms with Crippen molar-refractivity contribution in [2.24, 2.45) is 5.73 Å². The fourth-order valence-corrected chi connectivity index (χ4v) is 2.09. The lowest BCUT2D eigenvalue weighted by molar-refractivity contribution is 0.520. The maximum absolute atomic E-state index is 5.72. The summed E-state index contributed by atoms with van der Waals surface area (Å²) in [6, 6.07) is 3.85. The molecule has 2 aromatic rings. The van der Waals surface area contributed by atoms with Gasteiger partial charge in [0, 0.05) is 11.4 Å². The zero-order chi connectivity index (χ0) is 9.97. The van der Waals surface area contributed by atoms with Crippen LogP contribution in [0.5, 0.6) is 0 Å². The SMILES string of the molecule is CC(N)c1csc(Cc2ccco2)n1. The van der Waals surface area contributed by atoms with Crippen LogP contribution in [0.15, 0.2) is 28.2 Å². The van der Waals surface area contributed by atoms with Gasteiger partial charge in [-0.3, -0.25) is 0 Å². The van der Waals surface area contributed by atoms with E-state index >= 15 is 0 Å². The first kappa shape index (κ1) is 9.43. The van der Waals surface area contributed by atoms with Crippen molar-refractivity contribution < 1.29 is 4.42 Å². The van der Waals surface area contributed by atoms with Gasteiger partial charge in [-0.15, -0.1) is 11.3 Å². The lowest BCUT2D eigenvalue weighted by atomic mass is 10.3. The van der Waals surface area contributed by atoms with Crippen LogP contribution in [0.25, 0.3) is 0 Å². The summed E-state index contributed by atoms with van der Waals surface area (Å²) in [5.41, 5.74) is 6.68. The molecule has 2 rings (SSSR count). The molecule has 2 aromatic heterocycles. The average Bonchev–Trinajstić information content (AvgIpc) is 2.75. The van der Waals surface area contributed by atoms with Crippen LogP contribution in [0.1, 0.15) is 29.4 Å². The normalized spacial score (nSPS) is 13.0. The molecule has 0 spiro atoms. The van der Waals surface area contributed by atoms with Crippen LogP contribution in [-0.4, -0.2) is 4.98 Å². The number of hydrogen-bond acceptors (Lipinski definition) is 4. The Balaban J connectivity index is 2.11. The van der Waals surface area contributed by atoms with Crippen molar-refractivity contribution in [3.8, 4) is 0 Å². The van der Waals surface area contributed by atoms with Gasteiger partial charge >= 0.3 is 0 Å². The van der Waals surface area contributed by atoms with Gasteiger partial charge in [-0.2, -0.15) is 0 Å². The molecule has 3 nitrogen and oxygen atoms in total. The first-order chi connectivity index (χ1) is 6.75. The summed E-state index contributed by atoms with van der Waals surface area (Å²) < 4.78 is 5.24. The van der Waals surface area contributed by atoms with Gasteiger partial charge in [0.05, 0.1) is 18.4 Å². The van der Waals surface area contributed by atoms with E-state index in [0.717, 1.165) is 22.9 Å². The van der Waals surface area contributed by atoms with Gasteiger partial charge in [-0.1, -0.05) is 0 Å². The fourth-order valence-electron chi connectivity index (χ4n) is 1.18. The smallest absolute Gasteiger partial charge is 0.110 e. The topological polar surface area (TPSA) is 52.0 Å². The Labute approximate surface area is 86.6 Å². The third-order valence-electron chi connectivity index (χ3n) is 1.94. The highest BCUT2D eigenvalue weighted by Gasteiger charge is 2.07. The first-order valence-corrected chi connectivity index (χ1v) is 5.36. The number of furan rings is 1. The van der Waals surface area contributed by atoms with Crippen LogP contribution in [0.3, 0.4) is 0 Å². The predicted molar refractivity (Wildman–Crippen MR) is 56.2 cm³/mol. The van der Waals surface area contributed by atoms with E-state index in [1.165, 1.54) is 0 Å². The Morgan fingerprint density at radius 1 is 1.64 bits per heavy atom. The zero-order valence-corrected chi connectivity index (χ0v) is 8.75. The molecule has 1 atom stereocenters. The van der Waals surface area contributed by atoms with E-state index in [1.54, 1.807) is 17.6 Å². The molecular weight excluding hydrogens is 196 g/mol. The summed E-state index contributed by atoms with van der Waals surface area (Å²) in [4.78, 5) is 4.42. The van der Waals surface area contributed by atoms with Crippen LogP contribution in [0.4, 0.5) is 0 Å². The molecule has 14 heavy (non-hydrogen) atoms. The van der Waals surface area contributed by atoms with Crippen LogP contribution >= 0.6 is 11.3 Å². The van der Waals surface area contributed by atoms with Crippen LogP contribution in [0, 0.1) is 0 Å². The second kappa shape index (κ2) is 3.94. The van der Waals surface area contributed by atoms with Gasteiger partial charge in [-0.25, -0.2) is 4.98 Å². The fraction of sp³-hybridized carbons (Fsp3) is 0.300. The highest BCUT2D eigenvalue weighted by atomic mass is 32.1. The summed E-state index contributed by atoms with van der Waals surface area (Å²) in [5.74, 6) is 0.940. The lowest BCUT2D eigenvalue weighted by Crippen LogP contribution is -2.05. The van der Waals surface area contributed by atoms with Crippen molar-refractivity contribution in [2.75, 3.05) is 0 Å². The van der Waals surface area contributed by atoms with E-state index in [-0.39, 0.29) is 6.04 Å². The van der Waals surface area contributed by atoms with Gasteiger partial charge in [-0.05, 0) is 19.1 Å². The van der Waals surface area contributed by atoms with Gasteiger partial charge < -0.3 is 10.2 Å². The Kier molecular flexibility index (Phi) is 2.65. The molecule has 74 valence electrons. The van der Waals surface area contributed by atoms with E-state index in [0.29, 0.717) is 0 Å². The van der Waals surface area contributed by atoms with Crippen molar-refractivity contribution in [1.82, 2.24) is 4.98 Å². The Hall–Kier alpha value is -1.13. The monoisotopic (exact) mass is 208 g/mol. The average molecular weight is 208 g/mol. The molecule has 0 fully saturated rings. The molecule has 2 N–H and O–H groups in total. The van der Waals surface area contributed by atoms with Crippen LogP contribution < -0.4 is 5.73 Å². The maximum atomic E-state index is 5.72. The number of nitrogens with zero attached hydrogens (tertiary/aromatic N) is 1. The maximum Gasteiger partial charge on any atom is 0.110 e. The molecular formula is C10H12N2OS. The third kappa shape index (κ3) is 2.02. The Morgan fingerprint density at radius 3 is 3.07 bits per heavy atom. The lowest BCUT2D eigenvalue weighted by Gasteiger charge is -1.97. The molecule has 2 heterocycles. The molecule has 0 bridgehead atoms. The summed E-state index contributed by atoms with van der Waals surface area (Å²) in [6.07, 6.45) is 2.43. The molecule has 0 aliphatic heterocycles. The van der Waals surface area contributed by atoms with Gasteiger partial charge in [0.2, 0.25) is 0 Å². The Bertz CT molecular complexity index is 392. The van der Waals surface area contributed by atoms with Crippen molar-refractivity contribution >= 4 is 11.3 Å². The minimum atomic E-state index is 0.0107. The highest BCUT2D eigenvalue weighted by molar-refractivity contribution is 7.09. The minimum Gasteiger partial charge on any atom is -0.469 e. The molecule has 1 unspecified atom stereocenters. The molecule has 0 aliphatic rings. The second-order valence-electron chi connectivity index (χ2n) is 3.21. The molecule has 0 saturated carbocycles. The van der Waals surface area contributed by atoms with Crippen LogP contribution in [-0.2, 0) is 6.42 Å². The van der Waals surface area contributed by atoms with E-state index < -0.39 is 0 Å². The molecule has 0 amide bonds. The summed E-state index contributed by atoms with van der Waals surface area (Å²) >= 11 is 1.62. The minimum absolute atomic E-state index is 0.0107. The standard InChI is InChI=1S/C10H12N2OS/c1-7(11)9-6-14-10(12-9)5-8-3-2-4-13-8/h2-4,6-7H,5,11H2,1H3. The van der Waals surface area contributed by atoms with E-state index in [1.807, 2.05) is 24.4 Å². The number of aromatic nitrogens is 1. The van der Waals surface area contributed by atoms with E-state index in [4.69, 9.17) is 10.2 Å². The van der Waals surface area contributed by atoms with Crippen molar-refractivity contribution in [3.05, 3.63) is 40.2 Å². The molecule has 0 radical (unpaired) electrons. The largest absolute Gasteiger partial charge is 0.469 e. The van der Waals surface area contributed by atoms with Gasteiger partial charge in [0.25, 0.3) is 0 Å². The van der Waals surface area contributed by atoms with E-state index in [2.05, 4.69) is 4.98 Å². The van der Waals surface area contributed by atoms with Crippen LogP contribution in [0.2, 0.25) is 0 Å². The quantitative estimate of drug-likeness (QED) is 0.842. The highest BCUT2D eigenvalue weighted by Crippen LogP contribution is 2.17. The van der Waals surface area contributed by atoms with Crippen molar-refractivity contribution in [3.63, 3.8) is 0 Å². The summed E-state index contributed by atoms with van der Waals surface area (Å²) in [5, 5.41) is 3.05. The number of thiazole rings is 1.